The van der Waals surface area contributed by atoms with E-state index < -0.39 is 5.97 Å². The number of aryl methyl sites for hydroxylation is 1. The fourth-order valence-corrected chi connectivity index (χ4v) is 3.23. The lowest BCUT2D eigenvalue weighted by atomic mass is 10.1. The van der Waals surface area contributed by atoms with Crippen LogP contribution in [0, 0.1) is 6.92 Å². The third-order valence-corrected chi connectivity index (χ3v) is 4.78. The Balaban J connectivity index is 2.00. The fraction of sp³-hybridized carbons (Fsp3) is 0.273. The van der Waals surface area contributed by atoms with E-state index in [1.165, 1.54) is 13.3 Å². The summed E-state index contributed by atoms with van der Waals surface area (Å²) < 4.78 is 11.1. The molecule has 0 aliphatic heterocycles. The van der Waals surface area contributed by atoms with Crippen molar-refractivity contribution in [2.24, 2.45) is 10.7 Å². The molecule has 178 valence electrons. The number of hydrogen-bond acceptors (Lipinski definition) is 11. The van der Waals surface area contributed by atoms with Crippen molar-refractivity contribution in [3.63, 3.8) is 0 Å². The van der Waals surface area contributed by atoms with E-state index in [0.717, 1.165) is 5.57 Å². The summed E-state index contributed by atoms with van der Waals surface area (Å²) in [7, 11) is 3.13. The minimum atomic E-state index is -1.19. The molecule has 3 rings (SSSR count). The van der Waals surface area contributed by atoms with Crippen molar-refractivity contribution < 1.29 is 19.1 Å². The van der Waals surface area contributed by atoms with Crippen LogP contribution in [0.4, 0.5) is 17.5 Å². The number of carboxylic acids is 1. The van der Waals surface area contributed by atoms with Crippen LogP contribution in [-0.2, 0) is 0 Å². The lowest BCUT2D eigenvalue weighted by Gasteiger charge is -2.18. The first-order chi connectivity index (χ1) is 16.2. The highest BCUT2D eigenvalue weighted by molar-refractivity contribution is 5.94. The van der Waals surface area contributed by atoms with E-state index in [0.29, 0.717) is 28.6 Å². The van der Waals surface area contributed by atoms with Crippen molar-refractivity contribution in [2.45, 2.75) is 26.8 Å². The highest BCUT2D eigenvalue weighted by Crippen LogP contribution is 2.37. The van der Waals surface area contributed by atoms with Crippen molar-refractivity contribution in [2.75, 3.05) is 24.8 Å². The minimum Gasteiger partial charge on any atom is -0.494 e. The first-order valence-electron chi connectivity index (χ1n) is 10.2. The molecule has 0 fully saturated rings. The maximum absolute atomic E-state index is 11.8. The first-order valence-corrected chi connectivity index (χ1v) is 10.2. The zero-order valence-electron chi connectivity index (χ0n) is 19.4. The molecule has 0 saturated carbocycles. The van der Waals surface area contributed by atoms with Crippen molar-refractivity contribution in [3.05, 3.63) is 47.1 Å². The molecule has 0 bridgehead atoms. The molecular weight excluding hydrogens is 440 g/mol. The second-order valence-corrected chi connectivity index (χ2v) is 7.29. The van der Waals surface area contributed by atoms with Gasteiger partial charge in [-0.15, -0.1) is 10.2 Å². The Morgan fingerprint density at radius 3 is 2.71 bits per heavy atom. The second-order valence-electron chi connectivity index (χ2n) is 7.29. The van der Waals surface area contributed by atoms with Crippen LogP contribution in [-0.4, -0.2) is 57.7 Å². The highest BCUT2D eigenvalue weighted by atomic mass is 16.5. The molecule has 12 heteroatoms. The highest BCUT2D eigenvalue weighted by Gasteiger charge is 2.20. The molecule has 0 spiro atoms. The summed E-state index contributed by atoms with van der Waals surface area (Å²) >= 11 is 0. The molecule has 1 unspecified atom stereocenters. The number of methoxy groups -OCH3 is 1. The molecule has 1 aromatic carbocycles. The van der Waals surface area contributed by atoms with E-state index in [9.17, 15) is 9.90 Å². The number of hydrogen-bond donors (Lipinski definition) is 4. The van der Waals surface area contributed by atoms with Crippen LogP contribution in [0.15, 0.2) is 45.1 Å². The summed E-state index contributed by atoms with van der Waals surface area (Å²) in [5, 5.41) is 23.7. The van der Waals surface area contributed by atoms with Gasteiger partial charge in [0.05, 0.1) is 24.4 Å². The van der Waals surface area contributed by atoms with Crippen molar-refractivity contribution in [1.82, 2.24) is 20.2 Å². The molecule has 2 aromatic heterocycles. The molecule has 5 N–H and O–H groups in total. The van der Waals surface area contributed by atoms with E-state index in [-0.39, 0.29) is 29.3 Å². The van der Waals surface area contributed by atoms with Crippen LogP contribution in [0.5, 0.6) is 5.75 Å². The van der Waals surface area contributed by atoms with Gasteiger partial charge in [0, 0.05) is 37.7 Å². The number of aromatic nitrogens is 4. The standard InChI is InChI=1S/C22H26N8O4/c1-11(23)15(9-24-4)12(2)26-22-25-10-16(21(31)32)19(28-22)27-17-8-6-7-14(18(17)33-5)20-30-29-13(3)34-20/h6-10,12H,23H2,1-5H3,(H,31,32)(H2,25,26,27,28)/b15-11+,24-9?. The predicted molar refractivity (Wildman–Crippen MR) is 128 cm³/mol. The molecule has 0 amide bonds. The third kappa shape index (κ3) is 5.28. The van der Waals surface area contributed by atoms with E-state index in [4.69, 9.17) is 14.9 Å². The van der Waals surface area contributed by atoms with Gasteiger partial charge in [-0.1, -0.05) is 6.07 Å². The second kappa shape index (κ2) is 10.4. The van der Waals surface area contributed by atoms with Gasteiger partial charge in [-0.2, -0.15) is 4.98 Å². The number of aromatic carboxylic acids is 1. The zero-order valence-corrected chi connectivity index (χ0v) is 19.4. The molecule has 0 aliphatic rings. The van der Waals surface area contributed by atoms with Gasteiger partial charge in [-0.05, 0) is 26.0 Å². The van der Waals surface area contributed by atoms with E-state index in [2.05, 4.69) is 35.8 Å². The van der Waals surface area contributed by atoms with Crippen LogP contribution in [0.2, 0.25) is 0 Å². The monoisotopic (exact) mass is 466 g/mol. The van der Waals surface area contributed by atoms with E-state index in [1.807, 2.05) is 6.92 Å². The number of carboxylic acid groups (broad SMARTS) is 1. The maximum Gasteiger partial charge on any atom is 0.341 e. The molecule has 0 aliphatic carbocycles. The number of rotatable bonds is 9. The van der Waals surface area contributed by atoms with Gasteiger partial charge < -0.3 is 30.6 Å². The number of nitrogens with zero attached hydrogens (tertiary/aromatic N) is 5. The van der Waals surface area contributed by atoms with E-state index in [1.54, 1.807) is 45.3 Å². The molecule has 1 atom stereocenters. The van der Waals surface area contributed by atoms with Crippen LogP contribution >= 0.6 is 0 Å². The number of ether oxygens (including phenoxy) is 1. The first kappa shape index (κ1) is 24.2. The van der Waals surface area contributed by atoms with Crippen LogP contribution in [0.25, 0.3) is 11.5 Å². The lowest BCUT2D eigenvalue weighted by molar-refractivity contribution is 0.0697. The number of carbonyl (C=O) groups is 1. The summed E-state index contributed by atoms with van der Waals surface area (Å²) in [5.41, 5.74) is 8.17. The summed E-state index contributed by atoms with van der Waals surface area (Å²) in [6.07, 6.45) is 2.87. The van der Waals surface area contributed by atoms with Gasteiger partial charge in [-0.25, -0.2) is 9.78 Å². The SMILES string of the molecule is CN=C/C(=C(/C)N)C(C)Nc1ncc(C(=O)O)c(Nc2cccc(-c3nnc(C)o3)c2OC)n1. The van der Waals surface area contributed by atoms with Crippen molar-refractivity contribution in [3.8, 4) is 17.2 Å². The van der Waals surface area contributed by atoms with Gasteiger partial charge in [0.1, 0.15) is 5.56 Å². The minimum absolute atomic E-state index is 0.0634. The normalized spacial score (nSPS) is 12.9. The number of aliphatic imine (C=N–C) groups is 1. The number of anilines is 3. The molecule has 2 heterocycles. The van der Waals surface area contributed by atoms with Crippen molar-refractivity contribution >= 4 is 29.6 Å². The lowest BCUT2D eigenvalue weighted by Crippen LogP contribution is -2.23. The summed E-state index contributed by atoms with van der Waals surface area (Å²) in [6, 6.07) is 4.93. The van der Waals surface area contributed by atoms with Gasteiger partial charge >= 0.3 is 5.97 Å². The Bertz CT molecular complexity index is 1250. The van der Waals surface area contributed by atoms with Crippen LogP contribution < -0.4 is 21.1 Å². The Labute approximate surface area is 196 Å². The van der Waals surface area contributed by atoms with Crippen molar-refractivity contribution in [1.29, 1.82) is 0 Å². The number of allylic oxidation sites excluding steroid dienone is 1. The number of para-hydroxylation sites is 1. The summed E-state index contributed by atoms with van der Waals surface area (Å²) in [6.45, 7) is 5.31. The zero-order chi connectivity index (χ0) is 24.8. The molecule has 3 aromatic rings. The molecule has 34 heavy (non-hydrogen) atoms. The van der Waals surface area contributed by atoms with Gasteiger partial charge in [0.15, 0.2) is 11.6 Å². The number of nitrogens with two attached hydrogens (primary N) is 1. The molecule has 0 radical (unpaired) electrons. The third-order valence-electron chi connectivity index (χ3n) is 4.78. The number of benzene rings is 1. The molecular formula is C22H26N8O4. The average molecular weight is 467 g/mol. The molecule has 0 saturated heterocycles. The topological polar surface area (TPSA) is 174 Å². The van der Waals surface area contributed by atoms with E-state index >= 15 is 0 Å². The smallest absolute Gasteiger partial charge is 0.341 e. The van der Waals surface area contributed by atoms with Crippen LogP contribution in [0.1, 0.15) is 30.1 Å². The maximum atomic E-state index is 11.8. The Morgan fingerprint density at radius 2 is 2.12 bits per heavy atom. The fourth-order valence-electron chi connectivity index (χ4n) is 3.23. The van der Waals surface area contributed by atoms with Gasteiger partial charge in [-0.3, -0.25) is 4.99 Å². The number of nitrogens with one attached hydrogen (secondary N) is 2. The van der Waals surface area contributed by atoms with Gasteiger partial charge in [0.2, 0.25) is 11.8 Å². The van der Waals surface area contributed by atoms with Crippen LogP contribution in [0.3, 0.4) is 0 Å². The van der Waals surface area contributed by atoms with Gasteiger partial charge in [0.25, 0.3) is 5.89 Å². The largest absolute Gasteiger partial charge is 0.494 e. The predicted octanol–water partition coefficient (Wildman–Crippen LogP) is 3.02. The Hall–Kier alpha value is -4.48. The average Bonchev–Trinajstić information content (AvgIpc) is 3.23. The quantitative estimate of drug-likeness (QED) is 0.341. The molecule has 12 nitrogen and oxygen atoms in total. The Morgan fingerprint density at radius 1 is 1.35 bits per heavy atom. The summed E-state index contributed by atoms with van der Waals surface area (Å²) in [5.74, 6) is 0.121. The summed E-state index contributed by atoms with van der Waals surface area (Å²) in [4.78, 5) is 24.4. The Kier molecular flexibility index (Phi) is 7.41.